The summed E-state index contributed by atoms with van der Waals surface area (Å²) < 4.78 is 6.14. The van der Waals surface area contributed by atoms with E-state index in [0.29, 0.717) is 24.6 Å². The van der Waals surface area contributed by atoms with Crippen molar-refractivity contribution in [3.63, 3.8) is 0 Å². The lowest BCUT2D eigenvalue weighted by Crippen LogP contribution is -2.41. The molecule has 210 valence electrons. The van der Waals surface area contributed by atoms with Gasteiger partial charge in [-0.2, -0.15) is 0 Å². The largest absolute Gasteiger partial charge is 0.487 e. The van der Waals surface area contributed by atoms with E-state index in [1.54, 1.807) is 20.0 Å². The van der Waals surface area contributed by atoms with E-state index >= 15 is 0 Å². The average Bonchev–Trinajstić information content (AvgIpc) is 3.35. The number of benzene rings is 2. The van der Waals surface area contributed by atoms with Crippen LogP contribution in [0.25, 0.3) is 5.57 Å². The number of ether oxygens (including phenoxy) is 1. The molecule has 2 aliphatic heterocycles. The maximum absolute atomic E-state index is 12.9. The third kappa shape index (κ3) is 6.41. The van der Waals surface area contributed by atoms with Gasteiger partial charge in [0.25, 0.3) is 0 Å². The molecule has 6 nitrogen and oxygen atoms in total. The molecule has 1 atom stereocenters. The van der Waals surface area contributed by atoms with Gasteiger partial charge in [-0.25, -0.2) is 0 Å². The highest BCUT2D eigenvalue weighted by Crippen LogP contribution is 2.38. The van der Waals surface area contributed by atoms with Crippen LogP contribution in [0.1, 0.15) is 68.0 Å². The predicted octanol–water partition coefficient (Wildman–Crippen LogP) is 6.19. The molecule has 1 unspecified atom stereocenters. The van der Waals surface area contributed by atoms with Crippen LogP contribution in [-0.2, 0) is 23.5 Å². The van der Waals surface area contributed by atoms with E-state index < -0.39 is 5.60 Å². The fraction of sp³-hybridized carbons (Fsp3) is 0.394. The van der Waals surface area contributed by atoms with E-state index in [9.17, 15) is 9.90 Å². The Morgan fingerprint density at radius 2 is 2.00 bits per heavy atom. The summed E-state index contributed by atoms with van der Waals surface area (Å²) in [5.74, 6) is 0.986. The van der Waals surface area contributed by atoms with E-state index in [2.05, 4.69) is 22.0 Å². The van der Waals surface area contributed by atoms with Crippen LogP contribution in [0.2, 0.25) is 5.02 Å². The van der Waals surface area contributed by atoms with Gasteiger partial charge < -0.3 is 19.6 Å². The maximum atomic E-state index is 12.9. The number of fused-ring (bicyclic) bond motifs is 2. The van der Waals surface area contributed by atoms with Crippen LogP contribution in [0.15, 0.2) is 66.9 Å². The quantitative estimate of drug-likeness (QED) is 0.356. The van der Waals surface area contributed by atoms with Gasteiger partial charge >= 0.3 is 0 Å². The summed E-state index contributed by atoms with van der Waals surface area (Å²) in [6.45, 7) is 9.27. The first kappa shape index (κ1) is 28.3. The lowest BCUT2D eigenvalue weighted by Gasteiger charge is -2.29. The van der Waals surface area contributed by atoms with E-state index in [-0.39, 0.29) is 11.9 Å². The van der Waals surface area contributed by atoms with E-state index in [1.165, 1.54) is 0 Å². The van der Waals surface area contributed by atoms with Crippen LogP contribution >= 0.6 is 11.6 Å². The normalized spacial score (nSPS) is 18.1. The van der Waals surface area contributed by atoms with Gasteiger partial charge in [-0.1, -0.05) is 48.9 Å². The van der Waals surface area contributed by atoms with Crippen molar-refractivity contribution in [1.82, 2.24) is 14.8 Å². The molecule has 1 amide bonds. The highest BCUT2D eigenvalue weighted by Gasteiger charge is 2.30. The number of likely N-dealkylation sites (tertiary alicyclic amines) is 1. The summed E-state index contributed by atoms with van der Waals surface area (Å²) in [7, 11) is 0. The molecule has 0 radical (unpaired) electrons. The molecule has 0 bridgehead atoms. The van der Waals surface area contributed by atoms with Crippen molar-refractivity contribution < 1.29 is 14.6 Å². The van der Waals surface area contributed by atoms with Gasteiger partial charge in [-0.05, 0) is 73.7 Å². The number of halogens is 1. The number of rotatable bonds is 8. The number of carbonyl (C=O) groups is 1. The Labute approximate surface area is 242 Å². The SMILES string of the molecule is CCC(=O)N(Cc1ccc(Cl)cc1)C1CCN(CCC=C2c3cc(C(C)(C)O)ccc3OCc3ncccc32)C1. The highest BCUT2D eigenvalue weighted by atomic mass is 35.5. The Hall–Kier alpha value is -3.19. The van der Waals surface area contributed by atoms with Crippen molar-refractivity contribution in [1.29, 1.82) is 0 Å². The Kier molecular flexibility index (Phi) is 8.60. The molecule has 0 aliphatic carbocycles. The molecule has 1 aromatic heterocycles. The number of hydrogen-bond donors (Lipinski definition) is 1. The minimum atomic E-state index is -0.956. The lowest BCUT2D eigenvalue weighted by atomic mass is 9.90. The molecule has 5 rings (SSSR count). The Morgan fingerprint density at radius 1 is 1.20 bits per heavy atom. The molecule has 1 N–H and O–H groups in total. The zero-order valence-electron chi connectivity index (χ0n) is 23.6. The fourth-order valence-electron chi connectivity index (χ4n) is 5.63. The molecule has 1 fully saturated rings. The first-order valence-corrected chi connectivity index (χ1v) is 14.5. The highest BCUT2D eigenvalue weighted by molar-refractivity contribution is 6.30. The van der Waals surface area contributed by atoms with Crippen LogP contribution < -0.4 is 4.74 Å². The molecule has 2 aliphatic rings. The number of pyridine rings is 1. The van der Waals surface area contributed by atoms with Crippen LogP contribution in [0.3, 0.4) is 0 Å². The van der Waals surface area contributed by atoms with Gasteiger partial charge in [0.05, 0.1) is 11.3 Å². The third-order valence-electron chi connectivity index (χ3n) is 7.89. The first-order valence-electron chi connectivity index (χ1n) is 14.1. The van der Waals surface area contributed by atoms with Crippen LogP contribution in [0, 0.1) is 0 Å². The Morgan fingerprint density at radius 3 is 2.75 bits per heavy atom. The standard InChI is InChI=1S/C33H38ClN3O3/c1-4-32(38)37(20-23-9-12-25(34)13-10-23)26-15-18-36(21-26)17-6-8-27-28-7-5-16-35-30(28)22-40-31-14-11-24(19-29(27)31)33(2,3)39/h5,7-14,16,19,26,39H,4,6,15,17-18,20-22H2,1-3H3. The van der Waals surface area contributed by atoms with Gasteiger partial charge in [-0.15, -0.1) is 0 Å². The second-order valence-electron chi connectivity index (χ2n) is 11.2. The number of carbonyl (C=O) groups excluding carboxylic acids is 1. The van der Waals surface area contributed by atoms with Gasteiger partial charge in [0, 0.05) is 61.0 Å². The van der Waals surface area contributed by atoms with E-state index in [0.717, 1.165) is 71.7 Å². The molecule has 1 saturated heterocycles. The molecular weight excluding hydrogens is 522 g/mol. The van der Waals surface area contributed by atoms with Crippen molar-refractivity contribution >= 4 is 23.1 Å². The van der Waals surface area contributed by atoms with Gasteiger partial charge in [-0.3, -0.25) is 9.78 Å². The molecule has 40 heavy (non-hydrogen) atoms. The van der Waals surface area contributed by atoms with Crippen LogP contribution in [0.5, 0.6) is 5.75 Å². The molecule has 3 aromatic rings. The number of aliphatic hydroxyl groups is 1. The Bertz CT molecular complexity index is 1380. The molecule has 0 saturated carbocycles. The van der Waals surface area contributed by atoms with E-state index in [4.69, 9.17) is 16.3 Å². The van der Waals surface area contributed by atoms with Crippen molar-refractivity contribution in [2.24, 2.45) is 0 Å². The molecule has 3 heterocycles. The molecular formula is C33H38ClN3O3. The summed E-state index contributed by atoms with van der Waals surface area (Å²) in [5.41, 5.74) is 5.03. The number of amides is 1. The lowest BCUT2D eigenvalue weighted by molar-refractivity contribution is -0.133. The third-order valence-corrected chi connectivity index (χ3v) is 8.14. The minimum Gasteiger partial charge on any atom is -0.487 e. The van der Waals surface area contributed by atoms with Gasteiger partial charge in [0.1, 0.15) is 12.4 Å². The van der Waals surface area contributed by atoms with Gasteiger partial charge in [0.15, 0.2) is 0 Å². The summed E-state index contributed by atoms with van der Waals surface area (Å²) in [5, 5.41) is 11.4. The van der Waals surface area contributed by atoms with Crippen molar-refractivity contribution in [2.45, 2.75) is 64.8 Å². The second-order valence-corrected chi connectivity index (χ2v) is 11.6. The average molecular weight is 560 g/mol. The first-order chi connectivity index (χ1) is 19.2. The smallest absolute Gasteiger partial charge is 0.222 e. The second kappa shape index (κ2) is 12.1. The summed E-state index contributed by atoms with van der Waals surface area (Å²) in [6.07, 6.45) is 6.39. The zero-order chi connectivity index (χ0) is 28.3. The summed E-state index contributed by atoms with van der Waals surface area (Å²) in [6, 6.07) is 17.9. The predicted molar refractivity (Wildman–Crippen MR) is 159 cm³/mol. The monoisotopic (exact) mass is 559 g/mol. The fourth-order valence-corrected chi connectivity index (χ4v) is 5.75. The minimum absolute atomic E-state index is 0.186. The van der Waals surface area contributed by atoms with Crippen LogP contribution in [0.4, 0.5) is 0 Å². The number of nitrogens with zero attached hydrogens (tertiary/aromatic N) is 3. The van der Waals surface area contributed by atoms with Crippen molar-refractivity contribution in [2.75, 3.05) is 19.6 Å². The van der Waals surface area contributed by atoms with Gasteiger partial charge in [0.2, 0.25) is 5.91 Å². The van der Waals surface area contributed by atoms with Crippen LogP contribution in [-0.4, -0.2) is 51.5 Å². The maximum Gasteiger partial charge on any atom is 0.222 e. The van der Waals surface area contributed by atoms with Crippen molar-refractivity contribution in [3.8, 4) is 5.75 Å². The topological polar surface area (TPSA) is 65.9 Å². The number of hydrogen-bond acceptors (Lipinski definition) is 5. The molecule has 2 aromatic carbocycles. The number of aromatic nitrogens is 1. The van der Waals surface area contributed by atoms with E-state index in [1.807, 2.05) is 60.4 Å². The zero-order valence-corrected chi connectivity index (χ0v) is 24.3. The summed E-state index contributed by atoms with van der Waals surface area (Å²) >= 11 is 6.07. The molecule has 7 heteroatoms. The summed E-state index contributed by atoms with van der Waals surface area (Å²) in [4.78, 5) is 22.0. The van der Waals surface area contributed by atoms with Crippen molar-refractivity contribution in [3.05, 3.63) is 99.8 Å². The Balaban J connectivity index is 1.33. The molecule has 0 spiro atoms.